The second kappa shape index (κ2) is 8.29. The lowest BCUT2D eigenvalue weighted by atomic mass is 10.2. The molecule has 2 aromatic carbocycles. The lowest BCUT2D eigenvalue weighted by molar-refractivity contribution is -0.128. The van der Waals surface area contributed by atoms with Crippen LogP contribution in [0.1, 0.15) is 24.8 Å². The maximum absolute atomic E-state index is 12.4. The maximum atomic E-state index is 12.4. The van der Waals surface area contributed by atoms with Crippen LogP contribution >= 0.6 is 0 Å². The highest BCUT2D eigenvalue weighted by molar-refractivity contribution is 5.81. The molecular formula is C20H21N3O3. The summed E-state index contributed by atoms with van der Waals surface area (Å²) in [6.45, 7) is 4.04. The van der Waals surface area contributed by atoms with E-state index >= 15 is 0 Å². The minimum Gasteiger partial charge on any atom is -0.481 e. The Balaban J connectivity index is 1.58. The van der Waals surface area contributed by atoms with Crippen LogP contribution in [0.2, 0.25) is 0 Å². The molecule has 0 aliphatic heterocycles. The molecule has 0 saturated heterocycles. The third-order valence-corrected chi connectivity index (χ3v) is 3.85. The zero-order valence-electron chi connectivity index (χ0n) is 14.8. The van der Waals surface area contributed by atoms with Crippen LogP contribution in [0.3, 0.4) is 0 Å². The fraction of sp³-hybridized carbons (Fsp3) is 0.250. The predicted molar refractivity (Wildman–Crippen MR) is 97.5 cm³/mol. The maximum Gasteiger partial charge on any atom is 0.261 e. The molecule has 134 valence electrons. The van der Waals surface area contributed by atoms with Gasteiger partial charge in [0.1, 0.15) is 5.75 Å². The molecule has 0 saturated carbocycles. The molecule has 1 atom stereocenters. The second-order valence-electron chi connectivity index (χ2n) is 5.93. The first-order valence-corrected chi connectivity index (χ1v) is 8.54. The molecule has 0 aliphatic carbocycles. The summed E-state index contributed by atoms with van der Waals surface area (Å²) in [5.41, 5.74) is 1.94. The highest BCUT2D eigenvalue weighted by Crippen LogP contribution is 2.16. The third-order valence-electron chi connectivity index (χ3n) is 3.85. The highest BCUT2D eigenvalue weighted by Gasteiger charge is 2.19. The molecule has 0 spiro atoms. The van der Waals surface area contributed by atoms with Gasteiger partial charge in [-0.25, -0.2) is 0 Å². The van der Waals surface area contributed by atoms with Crippen molar-refractivity contribution in [2.24, 2.45) is 0 Å². The van der Waals surface area contributed by atoms with Gasteiger partial charge in [-0.2, -0.15) is 4.98 Å². The van der Waals surface area contributed by atoms with Crippen molar-refractivity contribution in [1.82, 2.24) is 15.5 Å². The van der Waals surface area contributed by atoms with E-state index in [9.17, 15) is 4.79 Å². The molecule has 0 bridgehead atoms. The van der Waals surface area contributed by atoms with Gasteiger partial charge in [-0.05, 0) is 31.0 Å². The molecular weight excluding hydrogens is 330 g/mol. The lowest BCUT2D eigenvalue weighted by Crippen LogP contribution is -2.37. The first-order valence-electron chi connectivity index (χ1n) is 8.54. The van der Waals surface area contributed by atoms with Crippen LogP contribution in [0.25, 0.3) is 11.4 Å². The van der Waals surface area contributed by atoms with Crippen molar-refractivity contribution in [2.75, 3.05) is 0 Å². The van der Waals surface area contributed by atoms with Gasteiger partial charge in [0.25, 0.3) is 5.91 Å². The second-order valence-corrected chi connectivity index (χ2v) is 5.93. The van der Waals surface area contributed by atoms with E-state index in [1.165, 1.54) is 0 Å². The van der Waals surface area contributed by atoms with E-state index in [-0.39, 0.29) is 12.5 Å². The molecule has 1 heterocycles. The van der Waals surface area contributed by atoms with Gasteiger partial charge in [-0.3, -0.25) is 4.79 Å². The first kappa shape index (κ1) is 17.7. The van der Waals surface area contributed by atoms with Gasteiger partial charge in [-0.15, -0.1) is 0 Å². The Morgan fingerprint density at radius 1 is 1.19 bits per heavy atom. The molecule has 26 heavy (non-hydrogen) atoms. The van der Waals surface area contributed by atoms with Crippen LogP contribution < -0.4 is 10.1 Å². The number of benzene rings is 2. The van der Waals surface area contributed by atoms with Crippen LogP contribution in [0.5, 0.6) is 5.75 Å². The molecule has 3 aromatic rings. The minimum absolute atomic E-state index is 0.159. The summed E-state index contributed by atoms with van der Waals surface area (Å²) in [7, 11) is 0. The number of nitrogens with zero attached hydrogens (tertiary/aromatic N) is 2. The molecule has 0 aliphatic rings. The fourth-order valence-corrected chi connectivity index (χ4v) is 2.48. The van der Waals surface area contributed by atoms with Crippen molar-refractivity contribution in [3.05, 3.63) is 66.1 Å². The van der Waals surface area contributed by atoms with Gasteiger partial charge in [0.05, 0.1) is 6.54 Å². The van der Waals surface area contributed by atoms with E-state index in [2.05, 4.69) is 15.5 Å². The van der Waals surface area contributed by atoms with E-state index < -0.39 is 6.10 Å². The van der Waals surface area contributed by atoms with E-state index in [0.717, 1.165) is 11.1 Å². The highest BCUT2D eigenvalue weighted by atomic mass is 16.5. The van der Waals surface area contributed by atoms with Crippen molar-refractivity contribution >= 4 is 5.91 Å². The Bertz CT molecular complexity index is 862. The fourth-order valence-electron chi connectivity index (χ4n) is 2.48. The number of ether oxygens (including phenoxy) is 1. The SMILES string of the molecule is CC[C@@H](Oc1cccc(C)c1)C(=O)NCc1nc(-c2ccccc2)no1. The van der Waals surface area contributed by atoms with Crippen LogP contribution in [-0.4, -0.2) is 22.2 Å². The number of carbonyl (C=O) groups excluding carboxylic acids is 1. The molecule has 0 fully saturated rings. The van der Waals surface area contributed by atoms with E-state index in [1.54, 1.807) is 0 Å². The molecule has 1 amide bonds. The Labute approximate surface area is 152 Å². The number of rotatable bonds is 7. The summed E-state index contributed by atoms with van der Waals surface area (Å²) in [6, 6.07) is 17.2. The van der Waals surface area contributed by atoms with Crippen LogP contribution in [0.4, 0.5) is 0 Å². The van der Waals surface area contributed by atoms with Gasteiger partial charge in [0.2, 0.25) is 11.7 Å². The zero-order chi connectivity index (χ0) is 18.4. The largest absolute Gasteiger partial charge is 0.481 e. The van der Waals surface area contributed by atoms with Gasteiger partial charge in [-0.1, -0.05) is 54.5 Å². The standard InChI is InChI=1S/C20H21N3O3/c1-3-17(25-16-11-7-8-14(2)12-16)20(24)21-13-18-22-19(23-26-18)15-9-5-4-6-10-15/h4-12,17H,3,13H2,1-2H3,(H,21,24)/t17-/m1/s1. The number of nitrogens with one attached hydrogen (secondary N) is 1. The normalized spacial score (nSPS) is 11.8. The van der Waals surface area contributed by atoms with Crippen molar-refractivity contribution in [3.63, 3.8) is 0 Å². The predicted octanol–water partition coefficient (Wildman–Crippen LogP) is 3.52. The monoisotopic (exact) mass is 351 g/mol. The smallest absolute Gasteiger partial charge is 0.261 e. The molecule has 6 heteroatoms. The number of aryl methyl sites for hydroxylation is 1. The van der Waals surface area contributed by atoms with E-state index in [0.29, 0.717) is 23.9 Å². The molecule has 0 unspecified atom stereocenters. The van der Waals surface area contributed by atoms with Crippen molar-refractivity contribution in [3.8, 4) is 17.1 Å². The van der Waals surface area contributed by atoms with Crippen LogP contribution in [-0.2, 0) is 11.3 Å². The molecule has 1 N–H and O–H groups in total. The Kier molecular flexibility index (Phi) is 5.63. The van der Waals surface area contributed by atoms with Gasteiger partial charge in [0.15, 0.2) is 6.10 Å². The number of aromatic nitrogens is 2. The molecule has 3 rings (SSSR count). The number of carbonyl (C=O) groups is 1. The van der Waals surface area contributed by atoms with E-state index in [1.807, 2.05) is 68.4 Å². The van der Waals surface area contributed by atoms with Crippen molar-refractivity contribution in [1.29, 1.82) is 0 Å². The number of amides is 1. The third kappa shape index (κ3) is 4.47. The lowest BCUT2D eigenvalue weighted by Gasteiger charge is -2.17. The Hall–Kier alpha value is -3.15. The summed E-state index contributed by atoms with van der Waals surface area (Å²) >= 11 is 0. The summed E-state index contributed by atoms with van der Waals surface area (Å²) < 4.78 is 11.0. The number of hydrogen-bond donors (Lipinski definition) is 1. The van der Waals surface area contributed by atoms with Gasteiger partial charge >= 0.3 is 0 Å². The van der Waals surface area contributed by atoms with Crippen LogP contribution in [0, 0.1) is 6.92 Å². The topological polar surface area (TPSA) is 77.2 Å². The van der Waals surface area contributed by atoms with Crippen molar-refractivity contribution in [2.45, 2.75) is 32.9 Å². The van der Waals surface area contributed by atoms with Gasteiger partial charge < -0.3 is 14.6 Å². The van der Waals surface area contributed by atoms with Crippen molar-refractivity contribution < 1.29 is 14.1 Å². The summed E-state index contributed by atoms with van der Waals surface area (Å²) in [5, 5.41) is 6.73. The summed E-state index contributed by atoms with van der Waals surface area (Å²) in [5.74, 6) is 1.31. The zero-order valence-corrected chi connectivity index (χ0v) is 14.8. The Morgan fingerprint density at radius 3 is 2.73 bits per heavy atom. The quantitative estimate of drug-likeness (QED) is 0.705. The molecule has 1 aromatic heterocycles. The van der Waals surface area contributed by atoms with E-state index in [4.69, 9.17) is 9.26 Å². The average Bonchev–Trinajstić information content (AvgIpc) is 3.14. The molecule has 6 nitrogen and oxygen atoms in total. The summed E-state index contributed by atoms with van der Waals surface area (Å²) in [6.07, 6.45) is -0.0212. The first-order chi connectivity index (χ1) is 12.7. The van der Waals surface area contributed by atoms with Gasteiger partial charge in [0, 0.05) is 5.56 Å². The Morgan fingerprint density at radius 2 is 2.00 bits per heavy atom. The average molecular weight is 351 g/mol. The number of hydrogen-bond acceptors (Lipinski definition) is 5. The minimum atomic E-state index is -0.576. The molecule has 0 radical (unpaired) electrons. The van der Waals surface area contributed by atoms with Crippen LogP contribution in [0.15, 0.2) is 59.1 Å². The summed E-state index contributed by atoms with van der Waals surface area (Å²) in [4.78, 5) is 16.7.